The Morgan fingerprint density at radius 1 is 1.21 bits per heavy atom. The molecule has 1 aliphatic carbocycles. The summed E-state index contributed by atoms with van der Waals surface area (Å²) in [6, 6.07) is 0.185. The second-order valence-corrected chi connectivity index (χ2v) is 8.55. The highest BCUT2D eigenvalue weighted by Crippen LogP contribution is 2.39. The molecule has 8 nitrogen and oxygen atoms in total. The van der Waals surface area contributed by atoms with Gasteiger partial charge >= 0.3 is 0 Å². The predicted octanol–water partition coefficient (Wildman–Crippen LogP) is 0.395. The topological polar surface area (TPSA) is 82.0 Å². The van der Waals surface area contributed by atoms with Gasteiger partial charge in [-0.25, -0.2) is 9.97 Å². The van der Waals surface area contributed by atoms with Crippen LogP contribution in [0.1, 0.15) is 28.9 Å². The van der Waals surface area contributed by atoms with Gasteiger partial charge in [0.05, 0.1) is 30.6 Å². The minimum absolute atomic E-state index is 0.00891. The fourth-order valence-electron chi connectivity index (χ4n) is 4.93. The lowest BCUT2D eigenvalue weighted by atomic mass is 9.77. The molecule has 28 heavy (non-hydrogen) atoms. The van der Waals surface area contributed by atoms with Gasteiger partial charge in [-0.2, -0.15) is 0 Å². The Morgan fingerprint density at radius 2 is 1.89 bits per heavy atom. The monoisotopic (exact) mass is 389 g/mol. The third-order valence-corrected chi connectivity index (χ3v) is 6.51. The summed E-state index contributed by atoms with van der Waals surface area (Å²) in [6.45, 7) is 6.59. The summed E-state index contributed by atoms with van der Waals surface area (Å²) in [6.07, 6.45) is 3.04. The molecule has 0 bridgehead atoms. The van der Waals surface area contributed by atoms with E-state index in [1.807, 2.05) is 30.8 Å². The first-order valence-electron chi connectivity index (χ1n) is 10.2. The van der Waals surface area contributed by atoms with Gasteiger partial charge in [-0.15, -0.1) is 0 Å². The number of aliphatic hydroxyl groups excluding tert-OH is 1. The highest BCUT2D eigenvalue weighted by Gasteiger charge is 2.45. The van der Waals surface area contributed by atoms with E-state index in [-0.39, 0.29) is 18.1 Å². The molecule has 1 saturated carbocycles. The third-order valence-electron chi connectivity index (χ3n) is 6.51. The number of carbonyl (C=O) groups is 1. The van der Waals surface area contributed by atoms with E-state index in [1.165, 1.54) is 0 Å². The second kappa shape index (κ2) is 7.93. The number of amides is 1. The number of aromatic nitrogens is 2. The Labute approximate surface area is 166 Å². The minimum atomic E-state index is -0.321. The summed E-state index contributed by atoms with van der Waals surface area (Å²) >= 11 is 0. The van der Waals surface area contributed by atoms with Crippen LogP contribution < -0.4 is 4.90 Å². The van der Waals surface area contributed by atoms with Gasteiger partial charge < -0.3 is 19.6 Å². The van der Waals surface area contributed by atoms with E-state index in [9.17, 15) is 9.90 Å². The molecule has 1 amide bonds. The molecular formula is C20H31N5O3. The zero-order chi connectivity index (χ0) is 19.8. The van der Waals surface area contributed by atoms with Gasteiger partial charge in [0.25, 0.3) is 5.91 Å². The van der Waals surface area contributed by atoms with E-state index in [4.69, 9.17) is 4.74 Å². The molecule has 2 aliphatic heterocycles. The van der Waals surface area contributed by atoms with Crippen molar-refractivity contribution in [3.8, 4) is 0 Å². The van der Waals surface area contributed by atoms with Crippen molar-refractivity contribution in [2.75, 3.05) is 58.4 Å². The number of aliphatic hydroxyl groups is 1. The molecule has 0 unspecified atom stereocenters. The smallest absolute Gasteiger partial charge is 0.257 e. The van der Waals surface area contributed by atoms with E-state index in [0.29, 0.717) is 35.6 Å². The molecule has 1 aromatic heterocycles. The first-order chi connectivity index (χ1) is 13.4. The average molecular weight is 390 g/mol. The third kappa shape index (κ3) is 3.73. The van der Waals surface area contributed by atoms with E-state index >= 15 is 0 Å². The summed E-state index contributed by atoms with van der Waals surface area (Å²) in [7, 11) is 3.77. The van der Waals surface area contributed by atoms with Crippen LogP contribution in [0.2, 0.25) is 0 Å². The Morgan fingerprint density at radius 3 is 2.54 bits per heavy atom. The zero-order valence-electron chi connectivity index (χ0n) is 17.0. The number of anilines is 1. The first-order valence-corrected chi connectivity index (χ1v) is 10.2. The van der Waals surface area contributed by atoms with Gasteiger partial charge in [0.1, 0.15) is 0 Å². The first kappa shape index (κ1) is 19.5. The van der Waals surface area contributed by atoms with Crippen molar-refractivity contribution >= 4 is 11.9 Å². The molecule has 4 atom stereocenters. The molecule has 2 saturated heterocycles. The molecule has 3 aliphatic rings. The molecule has 0 radical (unpaired) electrons. The number of hydrogen-bond acceptors (Lipinski definition) is 7. The highest BCUT2D eigenvalue weighted by atomic mass is 16.5. The molecule has 4 rings (SSSR count). The summed E-state index contributed by atoms with van der Waals surface area (Å²) in [5, 5.41) is 10.7. The van der Waals surface area contributed by atoms with Crippen LogP contribution in [-0.4, -0.2) is 96.4 Å². The fourth-order valence-corrected chi connectivity index (χ4v) is 4.93. The van der Waals surface area contributed by atoms with Crippen LogP contribution in [0.15, 0.2) is 6.20 Å². The Kier molecular flexibility index (Phi) is 5.53. The number of morpholine rings is 1. The molecule has 8 heteroatoms. The molecule has 1 N–H and O–H groups in total. The van der Waals surface area contributed by atoms with Gasteiger partial charge in [-0.3, -0.25) is 9.69 Å². The molecule has 3 fully saturated rings. The van der Waals surface area contributed by atoms with Crippen LogP contribution >= 0.6 is 0 Å². The minimum Gasteiger partial charge on any atom is -0.391 e. The maximum absolute atomic E-state index is 13.1. The Bertz CT molecular complexity index is 722. The summed E-state index contributed by atoms with van der Waals surface area (Å²) in [5.74, 6) is 1.44. The van der Waals surface area contributed by atoms with Crippen molar-refractivity contribution in [2.24, 2.45) is 11.8 Å². The average Bonchev–Trinajstić information content (AvgIpc) is 3.10. The van der Waals surface area contributed by atoms with Gasteiger partial charge in [0.15, 0.2) is 0 Å². The maximum atomic E-state index is 13.1. The lowest BCUT2D eigenvalue weighted by Gasteiger charge is -2.43. The zero-order valence-corrected chi connectivity index (χ0v) is 17.0. The van der Waals surface area contributed by atoms with Crippen molar-refractivity contribution in [1.82, 2.24) is 19.8 Å². The van der Waals surface area contributed by atoms with Crippen molar-refractivity contribution in [1.29, 1.82) is 0 Å². The highest BCUT2D eigenvalue weighted by molar-refractivity contribution is 5.95. The predicted molar refractivity (Wildman–Crippen MR) is 105 cm³/mol. The van der Waals surface area contributed by atoms with Crippen molar-refractivity contribution in [3.63, 3.8) is 0 Å². The number of fused-ring (bicyclic) bond motifs is 1. The fraction of sp³-hybridized carbons (Fsp3) is 0.750. The number of ether oxygens (including phenoxy) is 1. The summed E-state index contributed by atoms with van der Waals surface area (Å²) < 4.78 is 5.45. The van der Waals surface area contributed by atoms with Crippen LogP contribution in [0, 0.1) is 18.8 Å². The summed E-state index contributed by atoms with van der Waals surface area (Å²) in [4.78, 5) is 28.0. The van der Waals surface area contributed by atoms with E-state index < -0.39 is 0 Å². The van der Waals surface area contributed by atoms with Gasteiger partial charge in [0.2, 0.25) is 5.95 Å². The molecular weight excluding hydrogens is 358 g/mol. The summed E-state index contributed by atoms with van der Waals surface area (Å²) in [5.41, 5.74) is 1.29. The molecule has 0 aromatic carbocycles. The lowest BCUT2D eigenvalue weighted by molar-refractivity contribution is -0.0520. The number of hydrogen-bond donors (Lipinski definition) is 1. The van der Waals surface area contributed by atoms with Crippen LogP contribution in [-0.2, 0) is 4.74 Å². The van der Waals surface area contributed by atoms with Crippen molar-refractivity contribution in [2.45, 2.75) is 31.9 Å². The van der Waals surface area contributed by atoms with Crippen LogP contribution in [0.5, 0.6) is 0 Å². The number of carbonyl (C=O) groups excluding carboxylic acids is 1. The van der Waals surface area contributed by atoms with Crippen molar-refractivity contribution in [3.05, 3.63) is 17.5 Å². The van der Waals surface area contributed by atoms with Gasteiger partial charge in [0, 0.05) is 52.5 Å². The number of rotatable bonds is 3. The lowest BCUT2D eigenvalue weighted by Crippen LogP contribution is -2.53. The van der Waals surface area contributed by atoms with Crippen LogP contribution in [0.3, 0.4) is 0 Å². The Hall–Kier alpha value is -1.77. The Balaban J connectivity index is 1.44. The van der Waals surface area contributed by atoms with Crippen LogP contribution in [0.25, 0.3) is 0 Å². The second-order valence-electron chi connectivity index (χ2n) is 8.55. The standard InChI is InChI=1S/C20H31N5O3/c1-13-16(10-21-20(22-13)23(2)3)19(27)25-11-14-8-17(18(26)9-15(14)12-25)24-4-6-28-7-5-24/h10,14-15,17-18,26H,4-9,11-12H2,1-3H3/t14-,15+,17-,18-/m1/s1. The number of likely N-dealkylation sites (tertiary alicyclic amines) is 1. The molecule has 1 aromatic rings. The van der Waals surface area contributed by atoms with Crippen molar-refractivity contribution < 1.29 is 14.6 Å². The van der Waals surface area contributed by atoms with Gasteiger partial charge in [-0.05, 0) is 31.6 Å². The maximum Gasteiger partial charge on any atom is 0.257 e. The van der Waals surface area contributed by atoms with Crippen LogP contribution in [0.4, 0.5) is 5.95 Å². The molecule has 3 heterocycles. The normalized spacial score (nSPS) is 30.9. The number of nitrogens with zero attached hydrogens (tertiary/aromatic N) is 5. The van der Waals surface area contributed by atoms with Gasteiger partial charge in [-0.1, -0.05) is 0 Å². The van der Waals surface area contributed by atoms with E-state index in [0.717, 1.165) is 45.7 Å². The van der Waals surface area contributed by atoms with E-state index in [1.54, 1.807) is 6.20 Å². The number of aryl methyl sites for hydroxylation is 1. The largest absolute Gasteiger partial charge is 0.391 e. The molecule has 154 valence electrons. The molecule has 0 spiro atoms. The SMILES string of the molecule is Cc1nc(N(C)C)ncc1C(=O)N1C[C@H]2C[C@@H](N3CCOCC3)[C@H](O)C[C@H]2C1. The quantitative estimate of drug-likeness (QED) is 0.801. The van der Waals surface area contributed by atoms with E-state index in [2.05, 4.69) is 14.9 Å².